The highest BCUT2D eigenvalue weighted by Crippen LogP contribution is 2.22. The van der Waals surface area contributed by atoms with E-state index in [0.29, 0.717) is 11.3 Å². The van der Waals surface area contributed by atoms with Crippen molar-refractivity contribution >= 4 is 39.9 Å². The maximum atomic E-state index is 12.2. The van der Waals surface area contributed by atoms with Gasteiger partial charge in [-0.25, -0.2) is 12.7 Å². The van der Waals surface area contributed by atoms with Crippen LogP contribution in [0.5, 0.6) is 0 Å². The maximum Gasteiger partial charge on any atom is 0.243 e. The minimum atomic E-state index is -3.60. The van der Waals surface area contributed by atoms with Crippen LogP contribution in [0.1, 0.15) is 5.56 Å². The predicted molar refractivity (Wildman–Crippen MR) is 90.0 cm³/mol. The molecule has 130 valence electrons. The summed E-state index contributed by atoms with van der Waals surface area (Å²) in [4.78, 5) is 22.8. The molecule has 4 N–H and O–H groups in total. The van der Waals surface area contributed by atoms with E-state index < -0.39 is 21.8 Å². The van der Waals surface area contributed by atoms with Crippen LogP contribution in [0.2, 0.25) is 0 Å². The summed E-state index contributed by atoms with van der Waals surface area (Å²) in [6, 6.07) is 4.57. The number of carbonyl (C=O) groups excluding carboxylic acids is 2. The lowest BCUT2D eigenvalue weighted by Gasteiger charge is -2.15. The number of hydrogen-bond acceptors (Lipinski definition) is 5. The fraction of sp³-hybridized carbons (Fsp3) is 0.385. The van der Waals surface area contributed by atoms with Crippen molar-refractivity contribution in [1.29, 1.82) is 0 Å². The molecule has 0 aliphatic heterocycles. The van der Waals surface area contributed by atoms with Crippen molar-refractivity contribution in [3.05, 3.63) is 23.8 Å². The van der Waals surface area contributed by atoms with Gasteiger partial charge < -0.3 is 16.4 Å². The fourth-order valence-corrected chi connectivity index (χ4v) is 2.75. The Hall–Kier alpha value is -1.68. The topological polar surface area (TPSA) is 122 Å². The highest BCUT2D eigenvalue weighted by atomic mass is 35.5. The highest BCUT2D eigenvalue weighted by Gasteiger charge is 2.20. The number of anilines is 1. The number of amides is 2. The average molecular weight is 365 g/mol. The molecule has 2 amide bonds. The van der Waals surface area contributed by atoms with Crippen molar-refractivity contribution in [1.82, 2.24) is 9.62 Å². The van der Waals surface area contributed by atoms with E-state index in [4.69, 9.17) is 5.73 Å². The second-order valence-electron chi connectivity index (χ2n) is 4.80. The van der Waals surface area contributed by atoms with Gasteiger partial charge in [-0.2, -0.15) is 0 Å². The lowest BCUT2D eigenvalue weighted by molar-refractivity contribution is -0.123. The fourth-order valence-electron chi connectivity index (χ4n) is 1.61. The molecule has 10 heteroatoms. The molecule has 0 atom stereocenters. The molecule has 0 radical (unpaired) electrons. The lowest BCUT2D eigenvalue weighted by atomic mass is 10.2. The van der Waals surface area contributed by atoms with Crippen LogP contribution in [0.25, 0.3) is 0 Å². The summed E-state index contributed by atoms with van der Waals surface area (Å²) in [5, 5.41) is 4.85. The van der Waals surface area contributed by atoms with Gasteiger partial charge in [-0.15, -0.1) is 12.4 Å². The van der Waals surface area contributed by atoms with E-state index >= 15 is 0 Å². The van der Waals surface area contributed by atoms with Crippen molar-refractivity contribution in [2.75, 3.05) is 32.5 Å². The minimum Gasteiger partial charge on any atom is -0.346 e. The van der Waals surface area contributed by atoms with Gasteiger partial charge >= 0.3 is 0 Å². The summed E-state index contributed by atoms with van der Waals surface area (Å²) in [6.45, 7) is 1.23. The van der Waals surface area contributed by atoms with Crippen molar-refractivity contribution in [3.8, 4) is 0 Å². The van der Waals surface area contributed by atoms with Crippen LogP contribution in [-0.2, 0) is 19.6 Å². The van der Waals surface area contributed by atoms with Gasteiger partial charge in [0.15, 0.2) is 0 Å². The number of halogens is 1. The van der Waals surface area contributed by atoms with Gasteiger partial charge in [0.1, 0.15) is 0 Å². The number of sulfonamides is 1. The number of aryl methyl sites for hydroxylation is 1. The third kappa shape index (κ3) is 5.79. The third-order valence-corrected chi connectivity index (χ3v) is 4.82. The molecular weight excluding hydrogens is 344 g/mol. The van der Waals surface area contributed by atoms with Crippen LogP contribution < -0.4 is 16.4 Å². The van der Waals surface area contributed by atoms with Crippen LogP contribution in [-0.4, -0.2) is 51.7 Å². The number of nitrogens with two attached hydrogens (primary N) is 1. The summed E-state index contributed by atoms with van der Waals surface area (Å²) in [5.74, 6) is -0.922. The Morgan fingerprint density at radius 2 is 1.83 bits per heavy atom. The first-order valence-corrected chi connectivity index (χ1v) is 7.92. The Labute approximate surface area is 141 Å². The molecule has 23 heavy (non-hydrogen) atoms. The van der Waals surface area contributed by atoms with E-state index in [1.807, 2.05) is 0 Å². The Morgan fingerprint density at radius 1 is 1.22 bits per heavy atom. The minimum absolute atomic E-state index is 0. The zero-order chi connectivity index (χ0) is 16.9. The van der Waals surface area contributed by atoms with E-state index in [0.717, 1.165) is 4.31 Å². The highest BCUT2D eigenvalue weighted by molar-refractivity contribution is 7.89. The molecule has 0 saturated carbocycles. The van der Waals surface area contributed by atoms with Crippen molar-refractivity contribution in [3.63, 3.8) is 0 Å². The normalized spacial score (nSPS) is 10.8. The lowest BCUT2D eigenvalue weighted by Crippen LogP contribution is -2.36. The molecule has 0 spiro atoms. The zero-order valence-electron chi connectivity index (χ0n) is 13.1. The smallest absolute Gasteiger partial charge is 0.243 e. The molecule has 0 aliphatic rings. The third-order valence-electron chi connectivity index (χ3n) is 2.86. The number of nitrogens with one attached hydrogen (secondary N) is 2. The standard InChI is InChI=1S/C13H20N4O4S.ClH/c1-9-4-5-10(6-11(9)22(20,21)17(2)3)16-13(19)8-15-12(18)7-14;/h4-6H,7-8,14H2,1-3H3,(H,15,18)(H,16,19);1H. The zero-order valence-corrected chi connectivity index (χ0v) is 14.8. The molecule has 0 saturated heterocycles. The van der Waals surface area contributed by atoms with Crippen molar-refractivity contribution < 1.29 is 18.0 Å². The van der Waals surface area contributed by atoms with Crippen LogP contribution in [0.3, 0.4) is 0 Å². The van der Waals surface area contributed by atoms with Gasteiger partial charge in [-0.1, -0.05) is 6.07 Å². The van der Waals surface area contributed by atoms with E-state index in [1.54, 1.807) is 19.1 Å². The van der Waals surface area contributed by atoms with Crippen LogP contribution in [0, 0.1) is 6.92 Å². The number of hydrogen-bond donors (Lipinski definition) is 3. The Morgan fingerprint density at radius 3 is 2.35 bits per heavy atom. The quantitative estimate of drug-likeness (QED) is 0.638. The molecular formula is C13H21ClN4O4S. The predicted octanol–water partition coefficient (Wildman–Crippen LogP) is -0.319. The SMILES string of the molecule is Cc1ccc(NC(=O)CNC(=O)CN)cc1S(=O)(=O)N(C)C.Cl. The summed E-state index contributed by atoms with van der Waals surface area (Å²) < 4.78 is 25.5. The molecule has 0 unspecified atom stereocenters. The van der Waals surface area contributed by atoms with Gasteiger partial charge in [0.2, 0.25) is 21.8 Å². The average Bonchev–Trinajstić information content (AvgIpc) is 2.46. The first-order valence-electron chi connectivity index (χ1n) is 6.48. The van der Waals surface area contributed by atoms with Crippen LogP contribution in [0.15, 0.2) is 23.1 Å². The molecule has 0 aliphatic carbocycles. The van der Waals surface area contributed by atoms with Crippen molar-refractivity contribution in [2.24, 2.45) is 5.73 Å². The summed E-state index contributed by atoms with van der Waals surface area (Å²) >= 11 is 0. The molecule has 1 aromatic carbocycles. The molecule has 8 nitrogen and oxygen atoms in total. The summed E-state index contributed by atoms with van der Waals surface area (Å²) in [5.41, 5.74) is 6.01. The molecule has 0 heterocycles. The maximum absolute atomic E-state index is 12.2. The number of benzene rings is 1. The second-order valence-corrected chi connectivity index (χ2v) is 6.92. The number of rotatable bonds is 6. The molecule has 0 fully saturated rings. The van der Waals surface area contributed by atoms with E-state index in [1.165, 1.54) is 20.2 Å². The first-order chi connectivity index (χ1) is 10.2. The number of carbonyl (C=O) groups is 2. The Kier molecular flexibility index (Phi) is 8.18. The Bertz CT molecular complexity index is 677. The first kappa shape index (κ1) is 21.3. The molecule has 0 bridgehead atoms. The summed E-state index contributed by atoms with van der Waals surface area (Å²) in [7, 11) is -0.734. The van der Waals surface area contributed by atoms with E-state index in [2.05, 4.69) is 10.6 Å². The second kappa shape index (κ2) is 8.82. The van der Waals surface area contributed by atoms with Gasteiger partial charge in [0.25, 0.3) is 0 Å². The Balaban J connectivity index is 0.00000484. The van der Waals surface area contributed by atoms with E-state index in [9.17, 15) is 18.0 Å². The van der Waals surface area contributed by atoms with Gasteiger partial charge in [0, 0.05) is 19.8 Å². The monoisotopic (exact) mass is 364 g/mol. The van der Waals surface area contributed by atoms with Gasteiger partial charge in [0.05, 0.1) is 18.0 Å². The molecule has 0 aromatic heterocycles. The van der Waals surface area contributed by atoms with Crippen LogP contribution in [0.4, 0.5) is 5.69 Å². The summed E-state index contributed by atoms with van der Waals surface area (Å²) in [6.07, 6.45) is 0. The number of nitrogens with zero attached hydrogens (tertiary/aromatic N) is 1. The van der Waals surface area contributed by atoms with Crippen molar-refractivity contribution in [2.45, 2.75) is 11.8 Å². The molecule has 1 rings (SSSR count). The van der Waals surface area contributed by atoms with Gasteiger partial charge in [-0.05, 0) is 24.6 Å². The largest absolute Gasteiger partial charge is 0.346 e. The van der Waals surface area contributed by atoms with Gasteiger partial charge in [-0.3, -0.25) is 9.59 Å². The van der Waals surface area contributed by atoms with E-state index in [-0.39, 0.29) is 30.4 Å². The molecule has 1 aromatic rings. The van der Waals surface area contributed by atoms with Crippen LogP contribution >= 0.6 is 12.4 Å².